The number of aryl methyl sites for hydroxylation is 1. The first-order valence-corrected chi connectivity index (χ1v) is 6.70. The van der Waals surface area contributed by atoms with E-state index >= 15 is 0 Å². The smallest absolute Gasteiger partial charge is 0.325 e. The minimum Gasteiger partial charge on any atom is -0.465 e. The molecule has 2 aromatic heterocycles. The molecule has 0 spiro atoms. The number of anilines is 1. The van der Waals surface area contributed by atoms with Crippen LogP contribution in [-0.2, 0) is 16.6 Å². The molecule has 0 fully saturated rings. The maximum Gasteiger partial charge on any atom is 0.325 e. The van der Waals surface area contributed by atoms with E-state index in [9.17, 15) is 4.79 Å². The zero-order valence-corrected chi connectivity index (χ0v) is 12.0. The van der Waals surface area contributed by atoms with Crippen LogP contribution in [0.3, 0.4) is 0 Å². The van der Waals surface area contributed by atoms with Crippen molar-refractivity contribution in [2.45, 2.75) is 20.3 Å². The molecule has 0 radical (unpaired) electrons. The average molecular weight is 277 g/mol. The highest BCUT2D eigenvalue weighted by Gasteiger charge is 2.17. The van der Waals surface area contributed by atoms with Crippen LogP contribution in [0.15, 0.2) is 12.5 Å². The topological polar surface area (TPSA) is 73.1 Å². The van der Waals surface area contributed by atoms with E-state index in [4.69, 9.17) is 4.74 Å². The number of aromatic nitrogens is 4. The van der Waals surface area contributed by atoms with Gasteiger partial charge >= 0.3 is 5.97 Å². The van der Waals surface area contributed by atoms with Crippen LogP contribution in [0.2, 0.25) is 0 Å². The van der Waals surface area contributed by atoms with Crippen LogP contribution in [0.25, 0.3) is 11.0 Å². The van der Waals surface area contributed by atoms with Crippen LogP contribution in [0.4, 0.5) is 5.82 Å². The second kappa shape index (κ2) is 6.31. The van der Waals surface area contributed by atoms with Gasteiger partial charge in [-0.3, -0.25) is 9.48 Å². The Balaban J connectivity index is 2.33. The Hall–Kier alpha value is -2.18. The second-order valence-electron chi connectivity index (χ2n) is 4.43. The first kappa shape index (κ1) is 14.2. The predicted octanol–water partition coefficient (Wildman–Crippen LogP) is 1.14. The van der Waals surface area contributed by atoms with Crippen LogP contribution in [0.5, 0.6) is 0 Å². The molecule has 0 aliphatic heterocycles. The monoisotopic (exact) mass is 277 g/mol. The van der Waals surface area contributed by atoms with E-state index in [1.165, 1.54) is 6.33 Å². The van der Waals surface area contributed by atoms with Gasteiger partial charge in [0.2, 0.25) is 0 Å². The number of fused-ring (bicyclic) bond motifs is 1. The Bertz CT molecular complexity index is 595. The Morgan fingerprint density at radius 3 is 2.90 bits per heavy atom. The number of hydrogen-bond donors (Lipinski definition) is 0. The number of nitrogens with zero attached hydrogens (tertiary/aromatic N) is 5. The van der Waals surface area contributed by atoms with Gasteiger partial charge in [-0.2, -0.15) is 5.10 Å². The third-order valence-electron chi connectivity index (χ3n) is 2.93. The molecule has 7 nitrogen and oxygen atoms in total. The van der Waals surface area contributed by atoms with Gasteiger partial charge in [0, 0.05) is 13.6 Å². The largest absolute Gasteiger partial charge is 0.465 e. The molecule has 0 saturated carbocycles. The van der Waals surface area contributed by atoms with Gasteiger partial charge in [-0.15, -0.1) is 0 Å². The molecule has 2 rings (SSSR count). The summed E-state index contributed by atoms with van der Waals surface area (Å²) in [6.45, 7) is 5.14. The fourth-order valence-corrected chi connectivity index (χ4v) is 2.09. The lowest BCUT2D eigenvalue weighted by Gasteiger charge is -2.22. The third kappa shape index (κ3) is 2.87. The summed E-state index contributed by atoms with van der Waals surface area (Å²) in [6.07, 6.45) is 4.12. The molecule has 0 saturated heterocycles. The van der Waals surface area contributed by atoms with Gasteiger partial charge in [0.15, 0.2) is 5.65 Å². The van der Waals surface area contributed by atoms with Crippen molar-refractivity contribution in [2.75, 3.05) is 24.6 Å². The molecule has 2 heterocycles. The highest BCUT2D eigenvalue weighted by molar-refractivity contribution is 5.88. The fraction of sp³-hybridized carbons (Fsp3) is 0.538. The normalized spacial score (nSPS) is 10.8. The van der Waals surface area contributed by atoms with E-state index < -0.39 is 0 Å². The van der Waals surface area contributed by atoms with Gasteiger partial charge in [-0.1, -0.05) is 6.92 Å². The van der Waals surface area contributed by atoms with Crippen molar-refractivity contribution in [1.82, 2.24) is 19.7 Å². The number of rotatable bonds is 6. The Morgan fingerprint density at radius 1 is 1.40 bits per heavy atom. The lowest BCUT2D eigenvalue weighted by Crippen LogP contribution is -2.32. The van der Waals surface area contributed by atoms with E-state index in [0.717, 1.165) is 29.8 Å². The van der Waals surface area contributed by atoms with E-state index in [1.807, 2.05) is 11.9 Å². The summed E-state index contributed by atoms with van der Waals surface area (Å²) in [6, 6.07) is 0. The maximum atomic E-state index is 11.7. The predicted molar refractivity (Wildman–Crippen MR) is 75.4 cm³/mol. The van der Waals surface area contributed by atoms with Crippen molar-refractivity contribution in [3.63, 3.8) is 0 Å². The van der Waals surface area contributed by atoms with Gasteiger partial charge in [-0.25, -0.2) is 9.97 Å². The van der Waals surface area contributed by atoms with E-state index in [0.29, 0.717) is 6.61 Å². The van der Waals surface area contributed by atoms with Gasteiger partial charge in [0.25, 0.3) is 0 Å². The Morgan fingerprint density at radius 2 is 2.20 bits per heavy atom. The molecule has 0 aromatic carbocycles. The van der Waals surface area contributed by atoms with E-state index in [2.05, 4.69) is 22.0 Å². The lowest BCUT2D eigenvalue weighted by molar-refractivity contribution is -0.141. The van der Waals surface area contributed by atoms with Crippen molar-refractivity contribution in [3.05, 3.63) is 12.5 Å². The van der Waals surface area contributed by atoms with Crippen molar-refractivity contribution in [3.8, 4) is 0 Å². The summed E-state index contributed by atoms with van der Waals surface area (Å²) in [5, 5.41) is 5.03. The molecule has 0 atom stereocenters. The fourth-order valence-electron chi connectivity index (χ4n) is 2.09. The second-order valence-corrected chi connectivity index (χ2v) is 4.43. The van der Waals surface area contributed by atoms with Crippen LogP contribution in [0.1, 0.15) is 20.3 Å². The van der Waals surface area contributed by atoms with Crippen LogP contribution in [0, 0.1) is 0 Å². The molecule has 0 aliphatic rings. The quantitative estimate of drug-likeness (QED) is 0.737. The Kier molecular flexibility index (Phi) is 4.49. The molecule has 0 aliphatic carbocycles. The van der Waals surface area contributed by atoms with E-state index in [-0.39, 0.29) is 12.5 Å². The average Bonchev–Trinajstić information content (AvgIpc) is 2.81. The van der Waals surface area contributed by atoms with Crippen molar-refractivity contribution in [1.29, 1.82) is 0 Å². The minimum atomic E-state index is -0.253. The lowest BCUT2D eigenvalue weighted by atomic mass is 10.3. The van der Waals surface area contributed by atoms with Gasteiger partial charge in [0.05, 0.1) is 18.2 Å². The first-order valence-electron chi connectivity index (χ1n) is 6.70. The number of carbonyl (C=O) groups is 1. The SMILES string of the molecule is CCCN(CC(=O)OCC)c1ncnc2c1cnn2C. The summed E-state index contributed by atoms with van der Waals surface area (Å²) in [7, 11) is 1.83. The van der Waals surface area contributed by atoms with Crippen molar-refractivity contribution in [2.24, 2.45) is 7.05 Å². The molecule has 7 heteroatoms. The zero-order valence-electron chi connectivity index (χ0n) is 12.0. The van der Waals surface area contributed by atoms with Crippen molar-refractivity contribution >= 4 is 22.8 Å². The Labute approximate surface area is 117 Å². The third-order valence-corrected chi connectivity index (χ3v) is 2.93. The summed E-state index contributed by atoms with van der Waals surface area (Å²) >= 11 is 0. The molecule has 0 unspecified atom stereocenters. The van der Waals surface area contributed by atoms with Gasteiger partial charge in [-0.05, 0) is 13.3 Å². The molecule has 0 bridgehead atoms. The van der Waals surface area contributed by atoms with Crippen LogP contribution >= 0.6 is 0 Å². The standard InChI is InChI=1S/C13H19N5O2/c1-4-6-18(8-11(19)20-5-2)13-10-7-16-17(3)12(10)14-9-15-13/h7,9H,4-6,8H2,1-3H3. The highest BCUT2D eigenvalue weighted by Crippen LogP contribution is 2.22. The zero-order chi connectivity index (χ0) is 14.5. The molecule has 20 heavy (non-hydrogen) atoms. The number of ether oxygens (including phenoxy) is 1. The van der Waals surface area contributed by atoms with Gasteiger partial charge in [0.1, 0.15) is 18.7 Å². The molecular weight excluding hydrogens is 258 g/mol. The van der Waals surface area contributed by atoms with Gasteiger partial charge < -0.3 is 9.64 Å². The molecule has 0 amide bonds. The summed E-state index contributed by atoms with van der Waals surface area (Å²) in [5.41, 5.74) is 0.750. The molecule has 2 aromatic rings. The molecule has 108 valence electrons. The highest BCUT2D eigenvalue weighted by atomic mass is 16.5. The molecule has 0 N–H and O–H groups in total. The van der Waals surface area contributed by atoms with Crippen molar-refractivity contribution < 1.29 is 9.53 Å². The molecular formula is C13H19N5O2. The first-order chi connectivity index (χ1) is 9.67. The summed E-state index contributed by atoms with van der Waals surface area (Å²) < 4.78 is 6.70. The maximum absolute atomic E-state index is 11.7. The van der Waals surface area contributed by atoms with Crippen LogP contribution < -0.4 is 4.90 Å². The minimum absolute atomic E-state index is 0.183. The summed E-state index contributed by atoms with van der Waals surface area (Å²) in [4.78, 5) is 22.1. The van der Waals surface area contributed by atoms with Crippen LogP contribution in [-0.4, -0.2) is 45.4 Å². The number of esters is 1. The summed E-state index contributed by atoms with van der Waals surface area (Å²) in [5.74, 6) is 0.467. The van der Waals surface area contributed by atoms with E-state index in [1.54, 1.807) is 17.8 Å². The number of carbonyl (C=O) groups excluding carboxylic acids is 1. The number of hydrogen-bond acceptors (Lipinski definition) is 6.